The molecule has 0 fully saturated rings. The first-order valence-corrected chi connectivity index (χ1v) is 7.20. The average Bonchev–Trinajstić information content (AvgIpc) is 2.54. The zero-order valence-corrected chi connectivity index (χ0v) is 12.6. The molecule has 2 rings (SSSR count). The number of nitrogens with zero attached hydrogens (tertiary/aromatic N) is 1. The number of amides is 1. The van der Waals surface area contributed by atoms with Crippen molar-refractivity contribution in [2.75, 3.05) is 11.9 Å². The van der Waals surface area contributed by atoms with Crippen LogP contribution in [0.5, 0.6) is 0 Å². The maximum atomic E-state index is 12.2. The molecule has 0 bridgehead atoms. The van der Waals surface area contributed by atoms with Crippen molar-refractivity contribution in [3.8, 4) is 0 Å². The molecular formula is C19H21NO. The molecule has 0 unspecified atom stereocenters. The minimum absolute atomic E-state index is 0.0201. The SMILES string of the molecule is C/C(=C/C(=O)N(C)c1ccccc1)CCc1ccccc1. The second-order valence-corrected chi connectivity index (χ2v) is 5.21. The molecule has 2 heteroatoms. The topological polar surface area (TPSA) is 20.3 Å². The van der Waals surface area contributed by atoms with Crippen molar-refractivity contribution >= 4 is 11.6 Å². The van der Waals surface area contributed by atoms with Crippen molar-refractivity contribution in [2.45, 2.75) is 19.8 Å². The maximum absolute atomic E-state index is 12.2. The number of likely N-dealkylation sites (N-methyl/N-ethyl adjacent to an activating group) is 1. The van der Waals surface area contributed by atoms with Gasteiger partial charge < -0.3 is 4.90 Å². The van der Waals surface area contributed by atoms with Gasteiger partial charge in [-0.15, -0.1) is 0 Å². The third kappa shape index (κ3) is 4.60. The van der Waals surface area contributed by atoms with Gasteiger partial charge in [-0.1, -0.05) is 54.1 Å². The average molecular weight is 279 g/mol. The molecule has 0 spiro atoms. The molecule has 0 aromatic heterocycles. The van der Waals surface area contributed by atoms with Gasteiger partial charge in [-0.25, -0.2) is 0 Å². The predicted molar refractivity (Wildman–Crippen MR) is 88.4 cm³/mol. The van der Waals surface area contributed by atoms with Gasteiger partial charge in [0.2, 0.25) is 0 Å². The van der Waals surface area contributed by atoms with Crippen molar-refractivity contribution in [3.63, 3.8) is 0 Å². The molecule has 0 saturated heterocycles. The van der Waals surface area contributed by atoms with Crippen molar-refractivity contribution < 1.29 is 4.79 Å². The summed E-state index contributed by atoms with van der Waals surface area (Å²) in [6, 6.07) is 20.0. The van der Waals surface area contributed by atoms with Crippen LogP contribution < -0.4 is 4.90 Å². The molecule has 0 heterocycles. The summed E-state index contributed by atoms with van der Waals surface area (Å²) in [4.78, 5) is 13.9. The Morgan fingerprint density at radius 2 is 1.57 bits per heavy atom. The van der Waals surface area contributed by atoms with Crippen LogP contribution in [-0.4, -0.2) is 13.0 Å². The molecule has 0 aliphatic rings. The molecule has 0 saturated carbocycles. The second-order valence-electron chi connectivity index (χ2n) is 5.21. The van der Waals surface area contributed by atoms with Crippen LogP contribution in [0.1, 0.15) is 18.9 Å². The highest BCUT2D eigenvalue weighted by molar-refractivity contribution is 6.01. The van der Waals surface area contributed by atoms with Gasteiger partial charge in [0.15, 0.2) is 0 Å². The van der Waals surface area contributed by atoms with E-state index in [1.54, 1.807) is 18.0 Å². The fraction of sp³-hybridized carbons (Fsp3) is 0.211. The minimum atomic E-state index is 0.0201. The fourth-order valence-corrected chi connectivity index (χ4v) is 2.14. The molecule has 2 aromatic rings. The number of anilines is 1. The van der Waals surface area contributed by atoms with Crippen LogP contribution in [0, 0.1) is 0 Å². The van der Waals surface area contributed by atoms with Gasteiger partial charge >= 0.3 is 0 Å². The number of para-hydroxylation sites is 1. The normalized spacial score (nSPS) is 11.2. The molecule has 0 aliphatic heterocycles. The van der Waals surface area contributed by atoms with Gasteiger partial charge in [-0.2, -0.15) is 0 Å². The van der Waals surface area contributed by atoms with Crippen LogP contribution >= 0.6 is 0 Å². The van der Waals surface area contributed by atoms with E-state index in [-0.39, 0.29) is 5.91 Å². The van der Waals surface area contributed by atoms with E-state index in [4.69, 9.17) is 0 Å². The number of hydrogen-bond donors (Lipinski definition) is 0. The molecule has 0 atom stereocenters. The Morgan fingerprint density at radius 1 is 1.00 bits per heavy atom. The van der Waals surface area contributed by atoms with Gasteiger partial charge in [-0.3, -0.25) is 4.79 Å². The number of carbonyl (C=O) groups excluding carboxylic acids is 1. The van der Waals surface area contributed by atoms with Crippen LogP contribution in [0.25, 0.3) is 0 Å². The Morgan fingerprint density at radius 3 is 2.19 bits per heavy atom. The van der Waals surface area contributed by atoms with Crippen LogP contribution in [0.4, 0.5) is 5.69 Å². The van der Waals surface area contributed by atoms with Crippen molar-refractivity contribution in [3.05, 3.63) is 77.9 Å². The first-order chi connectivity index (χ1) is 10.2. The number of benzene rings is 2. The smallest absolute Gasteiger partial charge is 0.250 e. The van der Waals surface area contributed by atoms with Gasteiger partial charge in [-0.05, 0) is 37.5 Å². The summed E-state index contributed by atoms with van der Waals surface area (Å²) in [5, 5.41) is 0. The van der Waals surface area contributed by atoms with Crippen molar-refractivity contribution in [1.82, 2.24) is 0 Å². The zero-order valence-electron chi connectivity index (χ0n) is 12.6. The van der Waals surface area contributed by atoms with Crippen LogP contribution in [0.2, 0.25) is 0 Å². The van der Waals surface area contributed by atoms with E-state index in [9.17, 15) is 4.79 Å². The largest absolute Gasteiger partial charge is 0.312 e. The van der Waals surface area contributed by atoms with Crippen LogP contribution in [0.15, 0.2) is 72.3 Å². The molecule has 0 radical (unpaired) electrons. The van der Waals surface area contributed by atoms with Crippen LogP contribution in [0.3, 0.4) is 0 Å². The Balaban J connectivity index is 1.94. The molecule has 0 aliphatic carbocycles. The van der Waals surface area contributed by atoms with Gasteiger partial charge in [0.05, 0.1) is 0 Å². The Hall–Kier alpha value is -2.35. The molecule has 108 valence electrons. The van der Waals surface area contributed by atoms with Gasteiger partial charge in [0.25, 0.3) is 5.91 Å². The molecule has 0 N–H and O–H groups in total. The highest BCUT2D eigenvalue weighted by atomic mass is 16.2. The first-order valence-electron chi connectivity index (χ1n) is 7.20. The van der Waals surface area contributed by atoms with E-state index in [0.717, 1.165) is 24.1 Å². The van der Waals surface area contributed by atoms with E-state index < -0.39 is 0 Å². The Labute approximate surface area is 126 Å². The van der Waals surface area contributed by atoms with Gasteiger partial charge in [0.1, 0.15) is 0 Å². The third-order valence-corrected chi connectivity index (χ3v) is 3.49. The maximum Gasteiger partial charge on any atom is 0.250 e. The summed E-state index contributed by atoms with van der Waals surface area (Å²) in [7, 11) is 1.80. The predicted octanol–water partition coefficient (Wildman–Crippen LogP) is 4.23. The lowest BCUT2D eigenvalue weighted by Crippen LogP contribution is -2.24. The lowest BCUT2D eigenvalue weighted by molar-refractivity contribution is -0.113. The highest BCUT2D eigenvalue weighted by Crippen LogP contribution is 2.13. The van der Waals surface area contributed by atoms with E-state index in [0.29, 0.717) is 0 Å². The standard InChI is InChI=1S/C19H21NO/c1-16(13-14-17-9-5-3-6-10-17)15-19(21)20(2)18-11-7-4-8-12-18/h3-12,15H,13-14H2,1-2H3/b16-15-. The van der Waals surface area contributed by atoms with Crippen LogP contribution in [-0.2, 0) is 11.2 Å². The summed E-state index contributed by atoms with van der Waals surface area (Å²) in [6.45, 7) is 2.01. The van der Waals surface area contributed by atoms with Crippen molar-refractivity contribution in [1.29, 1.82) is 0 Å². The quantitative estimate of drug-likeness (QED) is 0.750. The summed E-state index contributed by atoms with van der Waals surface area (Å²) in [5.41, 5.74) is 3.32. The number of carbonyl (C=O) groups is 1. The van der Waals surface area contributed by atoms with E-state index in [1.165, 1.54) is 5.56 Å². The lowest BCUT2D eigenvalue weighted by Gasteiger charge is -2.15. The number of allylic oxidation sites excluding steroid dienone is 1. The lowest BCUT2D eigenvalue weighted by atomic mass is 10.1. The van der Waals surface area contributed by atoms with E-state index >= 15 is 0 Å². The van der Waals surface area contributed by atoms with Gasteiger partial charge in [0, 0.05) is 18.8 Å². The monoisotopic (exact) mass is 279 g/mol. The fourth-order valence-electron chi connectivity index (χ4n) is 2.14. The summed E-state index contributed by atoms with van der Waals surface area (Å²) >= 11 is 0. The Kier molecular flexibility index (Phi) is 5.33. The summed E-state index contributed by atoms with van der Waals surface area (Å²) in [5.74, 6) is 0.0201. The molecule has 21 heavy (non-hydrogen) atoms. The first kappa shape index (κ1) is 15.0. The molecule has 2 aromatic carbocycles. The highest BCUT2D eigenvalue weighted by Gasteiger charge is 2.07. The summed E-state index contributed by atoms with van der Waals surface area (Å²) in [6.07, 6.45) is 3.60. The molecule has 1 amide bonds. The van der Waals surface area contributed by atoms with Crippen molar-refractivity contribution in [2.24, 2.45) is 0 Å². The molecule has 2 nitrogen and oxygen atoms in total. The second kappa shape index (κ2) is 7.44. The van der Waals surface area contributed by atoms with E-state index in [1.807, 2.05) is 55.5 Å². The summed E-state index contributed by atoms with van der Waals surface area (Å²) < 4.78 is 0. The zero-order chi connectivity index (χ0) is 15.1. The minimum Gasteiger partial charge on any atom is -0.312 e. The third-order valence-electron chi connectivity index (χ3n) is 3.49. The Bertz CT molecular complexity index is 602. The van der Waals surface area contributed by atoms with E-state index in [2.05, 4.69) is 12.1 Å². The molecular weight excluding hydrogens is 258 g/mol. The number of rotatable bonds is 5. The number of aryl methyl sites for hydroxylation is 1. The number of hydrogen-bond acceptors (Lipinski definition) is 1.